The van der Waals surface area contributed by atoms with E-state index in [9.17, 15) is 9.59 Å². The molecule has 0 saturated heterocycles. The Bertz CT molecular complexity index is 856. The second kappa shape index (κ2) is 10.3. The summed E-state index contributed by atoms with van der Waals surface area (Å²) in [6.45, 7) is 7.10. The number of hydrogen-bond acceptors (Lipinski definition) is 4. The predicted octanol–water partition coefficient (Wildman–Crippen LogP) is 3.86. The predicted molar refractivity (Wildman–Crippen MR) is 121 cm³/mol. The van der Waals surface area contributed by atoms with Crippen LogP contribution in [0.2, 0.25) is 0 Å². The molecule has 0 fully saturated rings. The van der Waals surface area contributed by atoms with Gasteiger partial charge in [0.25, 0.3) is 0 Å². The van der Waals surface area contributed by atoms with Crippen LogP contribution in [-0.2, 0) is 9.59 Å². The molecule has 0 saturated carbocycles. The standard InChI is InChI=1S/C23H29N3O2S/c1-3-25(19-9-5-4-8-18(19)2)15-14-24-22(27)12-13-23(28)26-16-17-29-21-11-7-6-10-20(21)26/h4-11H,3,12-17H2,1-2H3,(H,24,27). The van der Waals surface area contributed by atoms with E-state index in [1.165, 1.54) is 11.3 Å². The van der Waals surface area contributed by atoms with Crippen molar-refractivity contribution in [3.05, 3.63) is 54.1 Å². The molecule has 154 valence electrons. The first-order valence-electron chi connectivity index (χ1n) is 10.2. The molecule has 0 bridgehead atoms. The van der Waals surface area contributed by atoms with Crippen molar-refractivity contribution in [2.75, 3.05) is 41.7 Å². The van der Waals surface area contributed by atoms with Crippen molar-refractivity contribution < 1.29 is 9.59 Å². The molecule has 1 aliphatic heterocycles. The summed E-state index contributed by atoms with van der Waals surface area (Å²) in [4.78, 5) is 30.1. The van der Waals surface area contributed by atoms with Crippen molar-refractivity contribution in [3.63, 3.8) is 0 Å². The fraction of sp³-hybridized carbons (Fsp3) is 0.391. The van der Waals surface area contributed by atoms with Crippen molar-refractivity contribution in [1.82, 2.24) is 5.32 Å². The van der Waals surface area contributed by atoms with E-state index in [1.54, 1.807) is 11.8 Å². The summed E-state index contributed by atoms with van der Waals surface area (Å²) in [5, 5.41) is 2.96. The molecule has 0 aliphatic carbocycles. The van der Waals surface area contributed by atoms with Gasteiger partial charge in [0.15, 0.2) is 0 Å². The van der Waals surface area contributed by atoms with E-state index in [1.807, 2.05) is 41.3 Å². The molecule has 2 aromatic rings. The van der Waals surface area contributed by atoms with E-state index >= 15 is 0 Å². The molecular formula is C23H29N3O2S. The number of para-hydroxylation sites is 2. The first kappa shape index (κ1) is 21.2. The van der Waals surface area contributed by atoms with Gasteiger partial charge in [-0.2, -0.15) is 0 Å². The Morgan fingerprint density at radius 3 is 2.66 bits per heavy atom. The second-order valence-corrected chi connectivity index (χ2v) is 8.21. The number of rotatable bonds is 8. The Labute approximate surface area is 177 Å². The molecule has 0 spiro atoms. The van der Waals surface area contributed by atoms with Gasteiger partial charge in [0, 0.05) is 55.4 Å². The van der Waals surface area contributed by atoms with E-state index in [4.69, 9.17) is 0 Å². The third kappa shape index (κ3) is 5.54. The number of fused-ring (bicyclic) bond motifs is 1. The number of nitrogens with zero attached hydrogens (tertiary/aromatic N) is 2. The van der Waals surface area contributed by atoms with Crippen LogP contribution < -0.4 is 15.1 Å². The molecule has 1 heterocycles. The summed E-state index contributed by atoms with van der Waals surface area (Å²) in [6, 6.07) is 16.2. The lowest BCUT2D eigenvalue weighted by molar-refractivity contribution is -0.125. The van der Waals surface area contributed by atoms with Crippen molar-refractivity contribution >= 4 is 35.0 Å². The number of likely N-dealkylation sites (N-methyl/N-ethyl adjacent to an activating group) is 1. The molecule has 6 heteroatoms. The van der Waals surface area contributed by atoms with Crippen LogP contribution in [0.1, 0.15) is 25.3 Å². The summed E-state index contributed by atoms with van der Waals surface area (Å²) in [6.07, 6.45) is 0.460. The first-order chi connectivity index (χ1) is 14.1. The minimum Gasteiger partial charge on any atom is -0.370 e. The fourth-order valence-electron chi connectivity index (χ4n) is 3.57. The van der Waals surface area contributed by atoms with Crippen LogP contribution in [0.15, 0.2) is 53.4 Å². The van der Waals surface area contributed by atoms with Crippen molar-refractivity contribution in [3.8, 4) is 0 Å². The van der Waals surface area contributed by atoms with Gasteiger partial charge in [0.05, 0.1) is 5.69 Å². The van der Waals surface area contributed by atoms with Gasteiger partial charge in [0.1, 0.15) is 0 Å². The van der Waals surface area contributed by atoms with Crippen LogP contribution in [0.25, 0.3) is 0 Å². The molecule has 3 rings (SSSR count). The van der Waals surface area contributed by atoms with Crippen LogP contribution in [0.4, 0.5) is 11.4 Å². The molecular weight excluding hydrogens is 382 g/mol. The molecule has 1 aliphatic rings. The first-order valence-corrected chi connectivity index (χ1v) is 11.2. The van der Waals surface area contributed by atoms with E-state index in [2.05, 4.69) is 36.2 Å². The Kier molecular flexibility index (Phi) is 7.58. The third-order valence-corrected chi connectivity index (χ3v) is 6.18. The molecule has 5 nitrogen and oxygen atoms in total. The van der Waals surface area contributed by atoms with Crippen LogP contribution in [0.3, 0.4) is 0 Å². The molecule has 0 atom stereocenters. The van der Waals surface area contributed by atoms with Gasteiger partial charge in [-0.3, -0.25) is 9.59 Å². The van der Waals surface area contributed by atoms with Gasteiger partial charge in [-0.15, -0.1) is 11.8 Å². The summed E-state index contributed by atoms with van der Waals surface area (Å²) in [5.74, 6) is 0.836. The summed E-state index contributed by atoms with van der Waals surface area (Å²) >= 11 is 1.77. The summed E-state index contributed by atoms with van der Waals surface area (Å²) in [5.41, 5.74) is 3.39. The zero-order chi connectivity index (χ0) is 20.6. The molecule has 1 N–H and O–H groups in total. The van der Waals surface area contributed by atoms with Gasteiger partial charge in [0.2, 0.25) is 11.8 Å². The Balaban J connectivity index is 1.44. The molecule has 2 amide bonds. The number of thioether (sulfide) groups is 1. The minimum absolute atomic E-state index is 0.0167. The van der Waals surface area contributed by atoms with Gasteiger partial charge in [-0.1, -0.05) is 30.3 Å². The summed E-state index contributed by atoms with van der Waals surface area (Å²) in [7, 11) is 0. The second-order valence-electron chi connectivity index (χ2n) is 7.08. The average molecular weight is 412 g/mol. The van der Waals surface area contributed by atoms with Crippen LogP contribution in [0, 0.1) is 6.92 Å². The largest absolute Gasteiger partial charge is 0.370 e. The number of amides is 2. The van der Waals surface area contributed by atoms with Crippen LogP contribution >= 0.6 is 11.8 Å². The lowest BCUT2D eigenvalue weighted by Gasteiger charge is -2.29. The SMILES string of the molecule is CCN(CCNC(=O)CCC(=O)N1CCSc2ccccc21)c1ccccc1C. The normalized spacial score (nSPS) is 13.0. The zero-order valence-electron chi connectivity index (χ0n) is 17.2. The highest BCUT2D eigenvalue weighted by atomic mass is 32.2. The lowest BCUT2D eigenvalue weighted by Crippen LogP contribution is -2.37. The summed E-state index contributed by atoms with van der Waals surface area (Å²) < 4.78 is 0. The van der Waals surface area contributed by atoms with E-state index in [0.29, 0.717) is 13.1 Å². The smallest absolute Gasteiger partial charge is 0.227 e. The molecule has 0 unspecified atom stereocenters. The number of nitrogens with one attached hydrogen (secondary N) is 1. The van der Waals surface area contributed by atoms with E-state index in [0.717, 1.165) is 29.4 Å². The number of anilines is 2. The number of benzene rings is 2. The number of hydrogen-bond donors (Lipinski definition) is 1. The number of carbonyl (C=O) groups excluding carboxylic acids is 2. The highest BCUT2D eigenvalue weighted by Gasteiger charge is 2.22. The molecule has 2 aromatic carbocycles. The minimum atomic E-state index is -0.0705. The average Bonchev–Trinajstić information content (AvgIpc) is 2.75. The van der Waals surface area contributed by atoms with E-state index < -0.39 is 0 Å². The monoisotopic (exact) mass is 411 g/mol. The van der Waals surface area contributed by atoms with Gasteiger partial charge < -0.3 is 15.1 Å². The maximum absolute atomic E-state index is 12.6. The maximum atomic E-state index is 12.6. The highest BCUT2D eigenvalue weighted by molar-refractivity contribution is 7.99. The van der Waals surface area contributed by atoms with Gasteiger partial charge >= 0.3 is 0 Å². The Hall–Kier alpha value is -2.47. The van der Waals surface area contributed by atoms with Crippen molar-refractivity contribution in [2.24, 2.45) is 0 Å². The van der Waals surface area contributed by atoms with Crippen LogP contribution in [-0.4, -0.2) is 43.7 Å². The third-order valence-electron chi connectivity index (χ3n) is 5.14. The topological polar surface area (TPSA) is 52.7 Å². The van der Waals surface area contributed by atoms with Gasteiger partial charge in [-0.25, -0.2) is 0 Å². The molecule has 0 aromatic heterocycles. The fourth-order valence-corrected chi connectivity index (χ4v) is 4.56. The number of aryl methyl sites for hydroxylation is 1. The van der Waals surface area contributed by atoms with Gasteiger partial charge in [-0.05, 0) is 37.6 Å². The highest BCUT2D eigenvalue weighted by Crippen LogP contribution is 2.34. The van der Waals surface area contributed by atoms with Crippen LogP contribution in [0.5, 0.6) is 0 Å². The molecule has 29 heavy (non-hydrogen) atoms. The quantitative estimate of drug-likeness (QED) is 0.717. The number of carbonyl (C=O) groups is 2. The van der Waals surface area contributed by atoms with E-state index in [-0.39, 0.29) is 24.7 Å². The Morgan fingerprint density at radius 1 is 1.10 bits per heavy atom. The Morgan fingerprint density at radius 2 is 1.86 bits per heavy atom. The molecule has 0 radical (unpaired) electrons. The lowest BCUT2D eigenvalue weighted by atomic mass is 10.2. The zero-order valence-corrected chi connectivity index (χ0v) is 18.0. The van der Waals surface area contributed by atoms with Crippen molar-refractivity contribution in [1.29, 1.82) is 0 Å². The van der Waals surface area contributed by atoms with Crippen molar-refractivity contribution in [2.45, 2.75) is 31.6 Å². The maximum Gasteiger partial charge on any atom is 0.227 e.